The van der Waals surface area contributed by atoms with Gasteiger partial charge in [0, 0.05) is 37.2 Å². The molecule has 3 aromatic rings. The fraction of sp³-hybridized carbons (Fsp3) is 0.0909. The van der Waals surface area contributed by atoms with Crippen LogP contribution in [0.5, 0.6) is 0 Å². The number of sulfonamides is 1. The Hall–Kier alpha value is -1.94. The minimum Gasteiger partial charge on any atom is -0.272 e. The molecule has 0 saturated heterocycles. The number of hydrogen-bond acceptors (Lipinski definition) is 4. The van der Waals surface area contributed by atoms with Crippen LogP contribution >= 0.6 is 50.7 Å². The van der Waals surface area contributed by atoms with Gasteiger partial charge in [0.2, 0.25) is 10.0 Å². The smallest absolute Gasteiger partial charge is 0.255 e. The first-order chi connectivity index (χ1) is 15.7. The first kappa shape index (κ1) is 25.7. The number of nitrogens with zero attached hydrogens (tertiary/aromatic N) is 2. The second-order valence-electron chi connectivity index (χ2n) is 6.74. The minimum absolute atomic E-state index is 0.0282. The van der Waals surface area contributed by atoms with Crippen molar-refractivity contribution in [2.45, 2.75) is 11.4 Å². The Morgan fingerprint density at radius 2 is 1.61 bits per heavy atom. The Bertz CT molecular complexity index is 1270. The van der Waals surface area contributed by atoms with Gasteiger partial charge in [-0.25, -0.2) is 13.8 Å². The van der Waals surface area contributed by atoms with Crippen LogP contribution in [0, 0.1) is 0 Å². The molecule has 1 N–H and O–H groups in total. The summed E-state index contributed by atoms with van der Waals surface area (Å²) in [6.07, 6.45) is 1.45. The van der Waals surface area contributed by atoms with E-state index in [-0.39, 0.29) is 21.5 Å². The van der Waals surface area contributed by atoms with Gasteiger partial charge in [-0.2, -0.15) is 9.41 Å². The molecule has 3 rings (SSSR count). The molecule has 6 nitrogen and oxygen atoms in total. The van der Waals surface area contributed by atoms with E-state index in [2.05, 4.69) is 26.5 Å². The van der Waals surface area contributed by atoms with Crippen LogP contribution < -0.4 is 5.43 Å². The molecular weight excluding hydrogens is 573 g/mol. The number of carbonyl (C=O) groups is 1. The number of benzene rings is 3. The molecule has 0 aliphatic carbocycles. The topological polar surface area (TPSA) is 78.8 Å². The zero-order valence-corrected chi connectivity index (χ0v) is 21.6. The van der Waals surface area contributed by atoms with Crippen molar-refractivity contribution in [2.75, 3.05) is 6.54 Å². The van der Waals surface area contributed by atoms with Crippen LogP contribution in [-0.2, 0) is 21.4 Å². The summed E-state index contributed by atoms with van der Waals surface area (Å²) in [5.74, 6) is -0.640. The van der Waals surface area contributed by atoms with Gasteiger partial charge in [0.1, 0.15) is 0 Å². The van der Waals surface area contributed by atoms with E-state index in [1.807, 2.05) is 18.2 Å². The van der Waals surface area contributed by atoms with Crippen molar-refractivity contribution >= 4 is 72.9 Å². The predicted octanol–water partition coefficient (Wildman–Crippen LogP) is 5.75. The van der Waals surface area contributed by atoms with Crippen LogP contribution in [0.2, 0.25) is 15.1 Å². The number of nitrogens with one attached hydrogen (secondary N) is 1. The lowest BCUT2D eigenvalue weighted by Gasteiger charge is -2.22. The number of hydrogen-bond donors (Lipinski definition) is 1. The van der Waals surface area contributed by atoms with Crippen LogP contribution in [0.15, 0.2) is 81.2 Å². The Labute approximate surface area is 215 Å². The van der Waals surface area contributed by atoms with Gasteiger partial charge in [0.15, 0.2) is 0 Å². The van der Waals surface area contributed by atoms with Crippen molar-refractivity contribution < 1.29 is 13.2 Å². The van der Waals surface area contributed by atoms with Crippen molar-refractivity contribution in [2.24, 2.45) is 5.10 Å². The van der Waals surface area contributed by atoms with Gasteiger partial charge < -0.3 is 0 Å². The first-order valence-corrected chi connectivity index (χ1v) is 12.8. The summed E-state index contributed by atoms with van der Waals surface area (Å²) in [5.41, 5.74) is 3.47. The highest BCUT2D eigenvalue weighted by Gasteiger charge is 2.28. The van der Waals surface area contributed by atoms with Crippen molar-refractivity contribution in [3.63, 3.8) is 0 Å². The Balaban J connectivity index is 1.85. The van der Waals surface area contributed by atoms with Crippen LogP contribution in [0.25, 0.3) is 0 Å². The summed E-state index contributed by atoms with van der Waals surface area (Å²) in [6, 6.07) is 17.8. The molecule has 3 aromatic carbocycles. The second-order valence-corrected chi connectivity index (χ2v) is 10.8. The highest BCUT2D eigenvalue weighted by atomic mass is 79.9. The van der Waals surface area contributed by atoms with E-state index < -0.39 is 22.5 Å². The molecule has 0 fully saturated rings. The van der Waals surface area contributed by atoms with Gasteiger partial charge in [-0.05, 0) is 42.5 Å². The predicted molar refractivity (Wildman–Crippen MR) is 135 cm³/mol. The standard InChI is InChI=1S/C22H17BrCl3N3O3S/c23-19-5-2-1-4-15(19)12-27-28-22(30)14-29(13-18-20(25)6-3-7-21(18)26)33(31,32)17-10-8-16(24)9-11-17/h1-12H,13-14H2,(H,28,30)/b27-12-. The Kier molecular flexibility index (Phi) is 8.92. The Morgan fingerprint density at radius 1 is 0.970 bits per heavy atom. The van der Waals surface area contributed by atoms with E-state index in [1.54, 1.807) is 24.3 Å². The van der Waals surface area contributed by atoms with E-state index in [0.29, 0.717) is 10.6 Å². The summed E-state index contributed by atoms with van der Waals surface area (Å²) in [5, 5.41) is 4.87. The molecule has 0 heterocycles. The zero-order valence-electron chi connectivity index (χ0n) is 16.9. The third-order valence-electron chi connectivity index (χ3n) is 4.47. The fourth-order valence-corrected chi connectivity index (χ4v) is 5.18. The molecular formula is C22H17BrCl3N3O3S. The van der Waals surface area contributed by atoms with Gasteiger partial charge in [-0.3, -0.25) is 4.79 Å². The van der Waals surface area contributed by atoms with Gasteiger partial charge in [-0.1, -0.05) is 75.0 Å². The molecule has 0 radical (unpaired) electrons. The van der Waals surface area contributed by atoms with Gasteiger partial charge in [0.25, 0.3) is 5.91 Å². The molecule has 0 aliphatic heterocycles. The number of amides is 1. The average molecular weight is 590 g/mol. The SMILES string of the molecule is O=C(CN(Cc1c(Cl)cccc1Cl)S(=O)(=O)c1ccc(Cl)cc1)N/N=C\c1ccccc1Br. The lowest BCUT2D eigenvalue weighted by Crippen LogP contribution is -2.39. The fourth-order valence-electron chi connectivity index (χ4n) is 2.79. The van der Waals surface area contributed by atoms with Crippen LogP contribution in [0.3, 0.4) is 0 Å². The molecule has 33 heavy (non-hydrogen) atoms. The molecule has 0 spiro atoms. The molecule has 172 valence electrons. The molecule has 11 heteroatoms. The van der Waals surface area contributed by atoms with Gasteiger partial charge >= 0.3 is 0 Å². The highest BCUT2D eigenvalue weighted by Crippen LogP contribution is 2.28. The van der Waals surface area contributed by atoms with Gasteiger partial charge in [-0.15, -0.1) is 0 Å². The summed E-state index contributed by atoms with van der Waals surface area (Å²) in [6.45, 7) is -0.732. The van der Waals surface area contributed by atoms with Crippen molar-refractivity contribution in [3.05, 3.63) is 97.4 Å². The van der Waals surface area contributed by atoms with Crippen molar-refractivity contribution in [1.82, 2.24) is 9.73 Å². The maximum absolute atomic E-state index is 13.3. The number of halogens is 4. The molecule has 0 bridgehead atoms. The van der Waals surface area contributed by atoms with E-state index in [1.165, 1.54) is 30.5 Å². The molecule has 0 saturated carbocycles. The lowest BCUT2D eigenvalue weighted by molar-refractivity contribution is -0.121. The third kappa shape index (κ3) is 6.79. The van der Waals surface area contributed by atoms with Crippen LogP contribution in [0.4, 0.5) is 0 Å². The molecule has 0 atom stereocenters. The highest BCUT2D eigenvalue weighted by molar-refractivity contribution is 9.10. The lowest BCUT2D eigenvalue weighted by atomic mass is 10.2. The van der Waals surface area contributed by atoms with Gasteiger partial charge in [0.05, 0.1) is 17.7 Å². The van der Waals surface area contributed by atoms with E-state index >= 15 is 0 Å². The van der Waals surface area contributed by atoms with Crippen molar-refractivity contribution in [3.8, 4) is 0 Å². The number of hydrazone groups is 1. The van der Waals surface area contributed by atoms with Crippen LogP contribution in [0.1, 0.15) is 11.1 Å². The first-order valence-electron chi connectivity index (χ1n) is 9.43. The summed E-state index contributed by atoms with van der Waals surface area (Å²) < 4.78 is 28.4. The summed E-state index contributed by atoms with van der Waals surface area (Å²) >= 11 is 21.8. The average Bonchev–Trinajstić information content (AvgIpc) is 2.77. The van der Waals surface area contributed by atoms with Crippen LogP contribution in [-0.4, -0.2) is 31.4 Å². The zero-order chi connectivity index (χ0) is 24.0. The molecule has 0 aliphatic rings. The Morgan fingerprint density at radius 3 is 2.24 bits per heavy atom. The largest absolute Gasteiger partial charge is 0.272 e. The summed E-state index contributed by atoms with van der Waals surface area (Å²) in [7, 11) is -4.09. The maximum Gasteiger partial charge on any atom is 0.255 e. The molecule has 1 amide bonds. The quantitative estimate of drug-likeness (QED) is 0.269. The number of carbonyl (C=O) groups excluding carboxylic acids is 1. The normalized spacial score (nSPS) is 11.8. The third-order valence-corrected chi connectivity index (χ3v) is 7.95. The molecule has 0 unspecified atom stereocenters. The van der Waals surface area contributed by atoms with Crippen molar-refractivity contribution in [1.29, 1.82) is 0 Å². The second kappa shape index (κ2) is 11.5. The minimum atomic E-state index is -4.09. The summed E-state index contributed by atoms with van der Waals surface area (Å²) in [4.78, 5) is 12.6. The number of rotatable bonds is 8. The monoisotopic (exact) mass is 587 g/mol. The van der Waals surface area contributed by atoms with E-state index in [4.69, 9.17) is 34.8 Å². The maximum atomic E-state index is 13.3. The van der Waals surface area contributed by atoms with E-state index in [0.717, 1.165) is 14.3 Å². The van der Waals surface area contributed by atoms with E-state index in [9.17, 15) is 13.2 Å². The molecule has 0 aromatic heterocycles.